The van der Waals surface area contributed by atoms with Crippen LogP contribution in [0.5, 0.6) is 0 Å². The van der Waals surface area contributed by atoms with Crippen LogP contribution in [-0.2, 0) is 6.42 Å². The highest BCUT2D eigenvalue weighted by Crippen LogP contribution is 2.31. The van der Waals surface area contributed by atoms with Crippen LogP contribution in [0.25, 0.3) is 10.3 Å². The number of hydrogen-bond donors (Lipinski definition) is 2. The fourth-order valence-corrected chi connectivity index (χ4v) is 3.96. The first-order chi connectivity index (χ1) is 14.4. The Balaban J connectivity index is 1.50. The first-order valence-electron chi connectivity index (χ1n) is 9.54. The molecule has 9 heteroatoms. The molecule has 1 aliphatic rings. The van der Waals surface area contributed by atoms with Gasteiger partial charge in [-0.1, -0.05) is 53.8 Å². The molecule has 0 bridgehead atoms. The van der Waals surface area contributed by atoms with E-state index in [1.165, 1.54) is 23.0 Å². The number of alkyl halides is 3. The van der Waals surface area contributed by atoms with Gasteiger partial charge < -0.3 is 10.6 Å². The van der Waals surface area contributed by atoms with E-state index in [9.17, 15) is 13.2 Å². The number of nitrogens with zero attached hydrogens (tertiary/aromatic N) is 3. The van der Waals surface area contributed by atoms with Crippen LogP contribution in [-0.4, -0.2) is 27.7 Å². The molecule has 3 aromatic rings. The zero-order valence-electron chi connectivity index (χ0n) is 16.2. The number of thiazole rings is 1. The Hall–Kier alpha value is -2.94. The van der Waals surface area contributed by atoms with Gasteiger partial charge in [0.15, 0.2) is 11.6 Å². The van der Waals surface area contributed by atoms with Crippen molar-refractivity contribution >= 4 is 27.5 Å². The van der Waals surface area contributed by atoms with E-state index in [4.69, 9.17) is 0 Å². The van der Waals surface area contributed by atoms with Gasteiger partial charge in [0.05, 0.1) is 10.6 Å². The molecule has 0 radical (unpaired) electrons. The average Bonchev–Trinajstić information content (AvgIpc) is 3.11. The predicted octanol–water partition coefficient (Wildman–Crippen LogP) is 5.09. The maximum Gasteiger partial charge on any atom is 0.417 e. The van der Waals surface area contributed by atoms with Gasteiger partial charge in [-0.15, -0.1) is 0 Å². The second kappa shape index (κ2) is 8.43. The van der Waals surface area contributed by atoms with E-state index in [1.54, 1.807) is 0 Å². The van der Waals surface area contributed by atoms with Gasteiger partial charge >= 0.3 is 6.18 Å². The monoisotopic (exact) mass is 431 g/mol. The summed E-state index contributed by atoms with van der Waals surface area (Å²) in [6, 6.07) is 9.68. The van der Waals surface area contributed by atoms with Gasteiger partial charge in [0.2, 0.25) is 0 Å². The van der Waals surface area contributed by atoms with Crippen LogP contribution in [0.2, 0.25) is 0 Å². The Labute approximate surface area is 175 Å². The maximum absolute atomic E-state index is 12.8. The zero-order chi connectivity index (χ0) is 21.1. The lowest BCUT2D eigenvalue weighted by atomic mass is 10.1. The number of fused-ring (bicyclic) bond motifs is 1. The molecule has 2 aromatic heterocycles. The van der Waals surface area contributed by atoms with E-state index in [1.807, 2.05) is 25.1 Å². The topological polar surface area (TPSA) is 62.7 Å². The van der Waals surface area contributed by atoms with Crippen LogP contribution in [0, 0.1) is 6.92 Å². The zero-order valence-corrected chi connectivity index (χ0v) is 17.0. The normalized spacial score (nSPS) is 16.4. The number of dihydropyridines is 1. The second-order valence-electron chi connectivity index (χ2n) is 6.93. The molecule has 156 valence electrons. The van der Waals surface area contributed by atoms with E-state index in [-0.39, 0.29) is 0 Å². The summed E-state index contributed by atoms with van der Waals surface area (Å²) in [7, 11) is 0. The summed E-state index contributed by atoms with van der Waals surface area (Å²) in [4.78, 5) is 14.3. The van der Waals surface area contributed by atoms with Crippen molar-refractivity contribution in [3.05, 3.63) is 70.7 Å². The Bertz CT molecular complexity index is 1090. The number of rotatable bonds is 6. The third kappa shape index (κ3) is 4.62. The predicted molar refractivity (Wildman–Crippen MR) is 112 cm³/mol. The lowest BCUT2D eigenvalue weighted by Crippen LogP contribution is -2.24. The quantitative estimate of drug-likeness (QED) is 0.533. The number of anilines is 1. The van der Waals surface area contributed by atoms with Crippen LogP contribution in [0.4, 0.5) is 19.0 Å². The Morgan fingerprint density at radius 3 is 2.63 bits per heavy atom. The smallest absolute Gasteiger partial charge is 0.377 e. The van der Waals surface area contributed by atoms with Gasteiger partial charge in [0.25, 0.3) is 0 Å². The number of allylic oxidation sites excluding steroid dienone is 2. The molecule has 0 amide bonds. The summed E-state index contributed by atoms with van der Waals surface area (Å²) in [5, 5.41) is 6.93. The fraction of sp³-hybridized carbons (Fsp3) is 0.286. The third-order valence-corrected chi connectivity index (χ3v) is 5.52. The summed E-state index contributed by atoms with van der Waals surface area (Å²) in [6.07, 6.45) is 0.898. The fourth-order valence-electron chi connectivity index (χ4n) is 3.17. The van der Waals surface area contributed by atoms with E-state index < -0.39 is 17.8 Å². The van der Waals surface area contributed by atoms with Crippen molar-refractivity contribution < 1.29 is 13.2 Å². The number of aromatic nitrogens is 3. The van der Waals surface area contributed by atoms with Crippen LogP contribution in [0.3, 0.4) is 0 Å². The average molecular weight is 431 g/mol. The minimum absolute atomic E-state index is 0.408. The molecule has 0 fully saturated rings. The molecule has 0 saturated carbocycles. The van der Waals surface area contributed by atoms with Gasteiger partial charge in [0.1, 0.15) is 16.4 Å². The number of nitrogens with one attached hydrogen (secondary N) is 2. The molecule has 0 aliphatic carbocycles. The van der Waals surface area contributed by atoms with Crippen molar-refractivity contribution in [1.29, 1.82) is 0 Å². The first-order valence-corrected chi connectivity index (χ1v) is 10.4. The standard InChI is InChI=1S/C21H20F3N5S/c1-13-27-17-19(25-11-5-8-14-6-3-2-4-7-14)28-18(29-20(17)30-13)16-10-9-15(12-26-16)21(22,23)24/h2-4,6-7,9-10,12,16,26H,5,8,11H2,1H3,(H,25,28,29). The van der Waals surface area contributed by atoms with Gasteiger partial charge in [-0.05, 0) is 25.3 Å². The highest BCUT2D eigenvalue weighted by molar-refractivity contribution is 7.18. The van der Waals surface area contributed by atoms with Crippen LogP contribution in [0.15, 0.2) is 54.3 Å². The summed E-state index contributed by atoms with van der Waals surface area (Å²) in [6.45, 7) is 2.59. The van der Waals surface area contributed by atoms with Crippen molar-refractivity contribution in [2.24, 2.45) is 0 Å². The third-order valence-electron chi connectivity index (χ3n) is 4.65. The van der Waals surface area contributed by atoms with Crippen LogP contribution < -0.4 is 10.6 Å². The van der Waals surface area contributed by atoms with Crippen molar-refractivity contribution in [3.63, 3.8) is 0 Å². The van der Waals surface area contributed by atoms with Gasteiger partial charge in [-0.3, -0.25) is 0 Å². The highest BCUT2D eigenvalue weighted by Gasteiger charge is 2.33. The van der Waals surface area contributed by atoms with Crippen molar-refractivity contribution in [2.45, 2.75) is 32.0 Å². The minimum Gasteiger partial charge on any atom is -0.377 e. The molecule has 30 heavy (non-hydrogen) atoms. The Morgan fingerprint density at radius 2 is 1.93 bits per heavy atom. The molecule has 0 spiro atoms. The molecule has 4 rings (SSSR count). The van der Waals surface area contributed by atoms with Crippen LogP contribution in [0.1, 0.15) is 28.9 Å². The second-order valence-corrected chi connectivity index (χ2v) is 8.12. The summed E-state index contributed by atoms with van der Waals surface area (Å²) in [5.74, 6) is 1.01. The molecule has 1 atom stereocenters. The van der Waals surface area contributed by atoms with Crippen molar-refractivity contribution in [1.82, 2.24) is 20.3 Å². The molecule has 3 heterocycles. The van der Waals surface area contributed by atoms with Gasteiger partial charge in [-0.2, -0.15) is 13.2 Å². The number of benzene rings is 1. The molecule has 1 aromatic carbocycles. The van der Waals surface area contributed by atoms with Crippen molar-refractivity contribution in [3.8, 4) is 0 Å². The Kier molecular flexibility index (Phi) is 5.72. The molecule has 2 N–H and O–H groups in total. The van der Waals surface area contributed by atoms with Gasteiger partial charge in [0, 0.05) is 12.7 Å². The van der Waals surface area contributed by atoms with E-state index in [2.05, 4.69) is 37.7 Å². The highest BCUT2D eigenvalue weighted by atomic mass is 32.1. The number of halogens is 3. The first kappa shape index (κ1) is 20.3. The largest absolute Gasteiger partial charge is 0.417 e. The van der Waals surface area contributed by atoms with E-state index >= 15 is 0 Å². The molecular formula is C21H20F3N5S. The lowest BCUT2D eigenvalue weighted by molar-refractivity contribution is -0.0888. The number of hydrogen-bond acceptors (Lipinski definition) is 6. The van der Waals surface area contributed by atoms with Gasteiger partial charge in [-0.25, -0.2) is 15.0 Å². The summed E-state index contributed by atoms with van der Waals surface area (Å²) < 4.78 is 38.5. The van der Waals surface area contributed by atoms with Crippen LogP contribution >= 0.6 is 11.3 Å². The molecule has 0 saturated heterocycles. The van der Waals surface area contributed by atoms with Crippen molar-refractivity contribution in [2.75, 3.05) is 11.9 Å². The van der Waals surface area contributed by atoms with E-state index in [0.29, 0.717) is 28.5 Å². The maximum atomic E-state index is 12.8. The SMILES string of the molecule is Cc1nc2c(NCCCc3ccccc3)nc(C3C=CC(C(F)(F)F)=CN3)nc2s1. The number of aryl methyl sites for hydroxylation is 2. The van der Waals surface area contributed by atoms with E-state index in [0.717, 1.165) is 30.1 Å². The summed E-state index contributed by atoms with van der Waals surface area (Å²) in [5.41, 5.74) is 1.22. The molecule has 1 aliphatic heterocycles. The molecular weight excluding hydrogens is 411 g/mol. The summed E-state index contributed by atoms with van der Waals surface area (Å²) >= 11 is 1.44. The minimum atomic E-state index is -4.39. The lowest BCUT2D eigenvalue weighted by Gasteiger charge is -2.19. The molecule has 5 nitrogen and oxygen atoms in total. The Morgan fingerprint density at radius 1 is 1.13 bits per heavy atom. The molecule has 1 unspecified atom stereocenters.